The zero-order chi connectivity index (χ0) is 18.7. The van der Waals surface area contributed by atoms with Gasteiger partial charge in [-0.2, -0.15) is 0 Å². The number of rotatable bonds is 5. The SMILES string of the molecule is COc1cccc(NC(=O)c2cccc(N3CC(C(=O)O)CC3=O)c2)c1. The molecular formula is C19H18N2O5. The third-order valence-electron chi connectivity index (χ3n) is 4.22. The highest BCUT2D eigenvalue weighted by Gasteiger charge is 2.35. The smallest absolute Gasteiger partial charge is 0.308 e. The molecule has 0 spiro atoms. The largest absolute Gasteiger partial charge is 0.497 e. The maximum absolute atomic E-state index is 12.5. The lowest BCUT2D eigenvalue weighted by atomic mass is 10.1. The summed E-state index contributed by atoms with van der Waals surface area (Å²) in [5.41, 5.74) is 1.47. The monoisotopic (exact) mass is 354 g/mol. The number of aliphatic carboxylic acids is 1. The minimum atomic E-state index is -0.993. The van der Waals surface area contributed by atoms with E-state index in [1.807, 2.05) is 0 Å². The Hall–Kier alpha value is -3.35. The van der Waals surface area contributed by atoms with Crippen LogP contribution >= 0.6 is 0 Å². The van der Waals surface area contributed by atoms with Crippen LogP contribution < -0.4 is 15.0 Å². The standard InChI is InChI=1S/C19H18N2O5/c1-26-16-7-3-5-14(10-16)20-18(23)12-4-2-6-15(8-12)21-11-13(19(24)25)9-17(21)22/h2-8,10,13H,9,11H2,1H3,(H,20,23)(H,24,25). The highest BCUT2D eigenvalue weighted by atomic mass is 16.5. The fraction of sp³-hybridized carbons (Fsp3) is 0.211. The molecule has 1 atom stereocenters. The maximum Gasteiger partial charge on any atom is 0.308 e. The second-order valence-electron chi connectivity index (χ2n) is 5.98. The summed E-state index contributed by atoms with van der Waals surface area (Å²) >= 11 is 0. The van der Waals surface area contributed by atoms with Crippen LogP contribution in [-0.2, 0) is 9.59 Å². The number of carbonyl (C=O) groups excluding carboxylic acids is 2. The van der Waals surface area contributed by atoms with Crippen molar-refractivity contribution in [1.29, 1.82) is 0 Å². The Labute approximate surface area is 150 Å². The molecule has 3 rings (SSSR count). The highest BCUT2D eigenvalue weighted by Crippen LogP contribution is 2.26. The van der Waals surface area contributed by atoms with Gasteiger partial charge in [0.05, 0.1) is 13.0 Å². The van der Waals surface area contributed by atoms with Gasteiger partial charge >= 0.3 is 5.97 Å². The predicted molar refractivity (Wildman–Crippen MR) is 95.5 cm³/mol. The van der Waals surface area contributed by atoms with Gasteiger partial charge in [-0.25, -0.2) is 0 Å². The molecule has 1 unspecified atom stereocenters. The third kappa shape index (κ3) is 3.66. The lowest BCUT2D eigenvalue weighted by molar-refractivity contribution is -0.141. The molecule has 0 aromatic heterocycles. The Morgan fingerprint density at radius 2 is 1.96 bits per heavy atom. The van der Waals surface area contributed by atoms with Crippen LogP contribution in [0.3, 0.4) is 0 Å². The van der Waals surface area contributed by atoms with E-state index in [0.29, 0.717) is 22.7 Å². The summed E-state index contributed by atoms with van der Waals surface area (Å²) < 4.78 is 5.13. The molecule has 2 aromatic carbocycles. The molecule has 0 radical (unpaired) electrons. The molecule has 1 saturated heterocycles. The van der Waals surface area contributed by atoms with E-state index in [1.165, 1.54) is 4.90 Å². The van der Waals surface area contributed by atoms with Gasteiger partial charge in [-0.3, -0.25) is 14.4 Å². The Kier molecular flexibility index (Phi) is 4.88. The third-order valence-corrected chi connectivity index (χ3v) is 4.22. The number of methoxy groups -OCH3 is 1. The highest BCUT2D eigenvalue weighted by molar-refractivity contribution is 6.06. The topological polar surface area (TPSA) is 95.9 Å². The average molecular weight is 354 g/mol. The number of nitrogens with zero attached hydrogens (tertiary/aromatic N) is 1. The molecule has 26 heavy (non-hydrogen) atoms. The summed E-state index contributed by atoms with van der Waals surface area (Å²) in [4.78, 5) is 37.1. The van der Waals surface area contributed by atoms with Gasteiger partial charge in [0.2, 0.25) is 5.91 Å². The Morgan fingerprint density at radius 1 is 1.19 bits per heavy atom. The van der Waals surface area contributed by atoms with Gasteiger partial charge in [-0.05, 0) is 30.3 Å². The van der Waals surface area contributed by atoms with Gasteiger partial charge in [0, 0.05) is 36.0 Å². The molecule has 1 aliphatic rings. The van der Waals surface area contributed by atoms with Crippen molar-refractivity contribution in [3.05, 3.63) is 54.1 Å². The van der Waals surface area contributed by atoms with E-state index in [0.717, 1.165) is 0 Å². The van der Waals surface area contributed by atoms with Crippen LogP contribution in [0.2, 0.25) is 0 Å². The molecule has 7 heteroatoms. The lowest BCUT2D eigenvalue weighted by Gasteiger charge is -2.17. The summed E-state index contributed by atoms with van der Waals surface area (Å²) in [6, 6.07) is 13.5. The fourth-order valence-corrected chi connectivity index (χ4v) is 2.84. The number of hydrogen-bond donors (Lipinski definition) is 2. The summed E-state index contributed by atoms with van der Waals surface area (Å²) in [5.74, 6) is -1.69. The molecule has 0 saturated carbocycles. The van der Waals surface area contributed by atoms with Gasteiger partial charge in [0.25, 0.3) is 5.91 Å². The van der Waals surface area contributed by atoms with E-state index in [1.54, 1.807) is 55.6 Å². The minimum Gasteiger partial charge on any atom is -0.497 e. The number of ether oxygens (including phenoxy) is 1. The number of carboxylic acid groups (broad SMARTS) is 1. The molecule has 0 aliphatic carbocycles. The van der Waals surface area contributed by atoms with E-state index in [-0.39, 0.29) is 24.8 Å². The number of amides is 2. The normalized spacial score (nSPS) is 16.4. The molecule has 2 amide bonds. The van der Waals surface area contributed by atoms with Crippen LogP contribution in [0, 0.1) is 5.92 Å². The molecule has 1 heterocycles. The second-order valence-corrected chi connectivity index (χ2v) is 5.98. The molecule has 2 aromatic rings. The van der Waals surface area contributed by atoms with Crippen molar-refractivity contribution in [3.63, 3.8) is 0 Å². The summed E-state index contributed by atoms with van der Waals surface area (Å²) in [6.07, 6.45) is -0.0322. The Bertz CT molecular complexity index is 865. The molecular weight excluding hydrogens is 336 g/mol. The first-order valence-corrected chi connectivity index (χ1v) is 8.06. The first-order valence-electron chi connectivity index (χ1n) is 8.06. The average Bonchev–Trinajstić information content (AvgIpc) is 3.04. The van der Waals surface area contributed by atoms with Gasteiger partial charge in [0.1, 0.15) is 5.75 Å². The van der Waals surface area contributed by atoms with Crippen LogP contribution in [0.4, 0.5) is 11.4 Å². The van der Waals surface area contributed by atoms with Gasteiger partial charge in [-0.15, -0.1) is 0 Å². The number of hydrogen-bond acceptors (Lipinski definition) is 4. The summed E-state index contributed by atoms with van der Waals surface area (Å²) in [5, 5.41) is 11.9. The maximum atomic E-state index is 12.5. The second kappa shape index (κ2) is 7.26. The number of carbonyl (C=O) groups is 3. The first-order chi connectivity index (χ1) is 12.5. The number of benzene rings is 2. The van der Waals surface area contributed by atoms with Crippen LogP contribution in [0.25, 0.3) is 0 Å². The van der Waals surface area contributed by atoms with Gasteiger partial charge < -0.3 is 20.1 Å². The number of anilines is 2. The van der Waals surface area contributed by atoms with Crippen molar-refractivity contribution >= 4 is 29.2 Å². The van der Waals surface area contributed by atoms with E-state index in [2.05, 4.69) is 5.32 Å². The Morgan fingerprint density at radius 3 is 2.65 bits per heavy atom. The van der Waals surface area contributed by atoms with Crippen LogP contribution in [0.5, 0.6) is 5.75 Å². The Balaban J connectivity index is 1.77. The van der Waals surface area contributed by atoms with Crippen LogP contribution in [0.15, 0.2) is 48.5 Å². The number of nitrogens with one attached hydrogen (secondary N) is 1. The minimum absolute atomic E-state index is 0.0322. The first kappa shape index (κ1) is 17.5. The summed E-state index contributed by atoms with van der Waals surface area (Å²) in [7, 11) is 1.54. The van der Waals surface area contributed by atoms with Crippen LogP contribution in [0.1, 0.15) is 16.8 Å². The predicted octanol–water partition coefficient (Wildman–Crippen LogP) is 2.39. The molecule has 1 aliphatic heterocycles. The zero-order valence-electron chi connectivity index (χ0n) is 14.1. The van der Waals surface area contributed by atoms with Crippen molar-refractivity contribution in [2.45, 2.75) is 6.42 Å². The van der Waals surface area contributed by atoms with Crippen molar-refractivity contribution < 1.29 is 24.2 Å². The summed E-state index contributed by atoms with van der Waals surface area (Å²) in [6.45, 7) is 0.106. The lowest BCUT2D eigenvalue weighted by Crippen LogP contribution is -2.26. The molecule has 134 valence electrons. The van der Waals surface area contributed by atoms with Gasteiger partial charge in [0.15, 0.2) is 0 Å². The van der Waals surface area contributed by atoms with Crippen molar-refractivity contribution in [2.24, 2.45) is 5.92 Å². The molecule has 7 nitrogen and oxygen atoms in total. The van der Waals surface area contributed by atoms with Crippen LogP contribution in [-0.4, -0.2) is 36.5 Å². The van der Waals surface area contributed by atoms with E-state index in [4.69, 9.17) is 9.84 Å². The molecule has 1 fully saturated rings. The van der Waals surface area contributed by atoms with E-state index >= 15 is 0 Å². The van der Waals surface area contributed by atoms with Crippen molar-refractivity contribution in [1.82, 2.24) is 0 Å². The quantitative estimate of drug-likeness (QED) is 0.859. The van der Waals surface area contributed by atoms with Crippen molar-refractivity contribution in [2.75, 3.05) is 23.9 Å². The van der Waals surface area contributed by atoms with E-state index in [9.17, 15) is 14.4 Å². The van der Waals surface area contributed by atoms with Crippen molar-refractivity contribution in [3.8, 4) is 5.75 Å². The number of carboxylic acids is 1. The van der Waals surface area contributed by atoms with Gasteiger partial charge in [-0.1, -0.05) is 12.1 Å². The zero-order valence-corrected chi connectivity index (χ0v) is 14.1. The van der Waals surface area contributed by atoms with E-state index < -0.39 is 11.9 Å². The molecule has 0 bridgehead atoms. The molecule has 2 N–H and O–H groups in total. The fourth-order valence-electron chi connectivity index (χ4n) is 2.84.